The van der Waals surface area contributed by atoms with Crippen molar-refractivity contribution in [3.05, 3.63) is 24.3 Å². The number of morpholine rings is 1. The van der Waals surface area contributed by atoms with Crippen molar-refractivity contribution < 1.29 is 9.47 Å². The van der Waals surface area contributed by atoms with Crippen LogP contribution in [0.5, 0.6) is 5.75 Å². The summed E-state index contributed by atoms with van der Waals surface area (Å²) in [4.78, 5) is 0. The highest BCUT2D eigenvalue weighted by Crippen LogP contribution is 2.18. The molecule has 5 heteroatoms. The molecule has 0 spiro atoms. The van der Waals surface area contributed by atoms with E-state index in [9.17, 15) is 0 Å². The van der Waals surface area contributed by atoms with E-state index in [0.29, 0.717) is 0 Å². The molecule has 1 heterocycles. The molecule has 0 unspecified atom stereocenters. The summed E-state index contributed by atoms with van der Waals surface area (Å²) >= 11 is 0. The zero-order valence-corrected chi connectivity index (χ0v) is 9.30. The average Bonchev–Trinajstić information content (AvgIpc) is 2.38. The standard InChI is InChI=1S/C11H15N3O2/c1-15-11-4-2-10(3-5-11)12-13-14-6-8-16-9-7-14/h2-5H,6-9H2,1H3. The van der Waals surface area contributed by atoms with Gasteiger partial charge in [0.1, 0.15) is 5.75 Å². The Bertz CT molecular complexity index is 345. The summed E-state index contributed by atoms with van der Waals surface area (Å²) < 4.78 is 10.3. The van der Waals surface area contributed by atoms with Crippen LogP contribution in [0.25, 0.3) is 0 Å². The Morgan fingerprint density at radius 1 is 1.19 bits per heavy atom. The minimum Gasteiger partial charge on any atom is -0.497 e. The molecule has 0 amide bonds. The largest absolute Gasteiger partial charge is 0.497 e. The van der Waals surface area contributed by atoms with Crippen molar-refractivity contribution in [2.24, 2.45) is 10.3 Å². The third-order valence-corrected chi connectivity index (χ3v) is 2.35. The molecule has 1 aliphatic heterocycles. The number of hydrogen-bond acceptors (Lipinski definition) is 4. The lowest BCUT2D eigenvalue weighted by Gasteiger charge is -2.22. The van der Waals surface area contributed by atoms with E-state index in [2.05, 4.69) is 10.3 Å². The molecule has 16 heavy (non-hydrogen) atoms. The van der Waals surface area contributed by atoms with Crippen molar-refractivity contribution in [3.63, 3.8) is 0 Å². The highest BCUT2D eigenvalue weighted by atomic mass is 16.5. The maximum Gasteiger partial charge on any atom is 0.119 e. The molecule has 1 aromatic rings. The molecule has 0 saturated carbocycles. The van der Waals surface area contributed by atoms with Gasteiger partial charge in [0.05, 0.1) is 39.1 Å². The first-order valence-electron chi connectivity index (χ1n) is 5.27. The van der Waals surface area contributed by atoms with Gasteiger partial charge in [-0.05, 0) is 24.3 Å². The Hall–Kier alpha value is -1.62. The maximum absolute atomic E-state index is 5.22. The molecule has 1 aromatic carbocycles. The smallest absolute Gasteiger partial charge is 0.119 e. The number of rotatable bonds is 3. The minimum atomic E-state index is 0.724. The van der Waals surface area contributed by atoms with Crippen molar-refractivity contribution in [1.29, 1.82) is 0 Å². The predicted molar refractivity (Wildman–Crippen MR) is 59.9 cm³/mol. The second-order valence-corrected chi connectivity index (χ2v) is 3.45. The van der Waals surface area contributed by atoms with Gasteiger partial charge in [0.15, 0.2) is 0 Å². The summed E-state index contributed by atoms with van der Waals surface area (Å²) in [6, 6.07) is 7.49. The second kappa shape index (κ2) is 5.46. The lowest BCUT2D eigenvalue weighted by atomic mass is 10.3. The maximum atomic E-state index is 5.22. The first-order chi connectivity index (χ1) is 7.88. The van der Waals surface area contributed by atoms with Crippen LogP contribution < -0.4 is 4.74 Å². The van der Waals surface area contributed by atoms with Gasteiger partial charge in [0.2, 0.25) is 0 Å². The Morgan fingerprint density at radius 2 is 1.88 bits per heavy atom. The summed E-state index contributed by atoms with van der Waals surface area (Å²) in [7, 11) is 1.64. The lowest BCUT2D eigenvalue weighted by Crippen LogP contribution is -2.31. The fourth-order valence-corrected chi connectivity index (χ4v) is 1.41. The van der Waals surface area contributed by atoms with Crippen LogP contribution in [0.4, 0.5) is 5.69 Å². The first-order valence-corrected chi connectivity index (χ1v) is 5.27. The molecule has 0 N–H and O–H groups in total. The summed E-state index contributed by atoms with van der Waals surface area (Å²) in [5.41, 5.74) is 0.826. The quantitative estimate of drug-likeness (QED) is 0.734. The number of benzene rings is 1. The zero-order valence-electron chi connectivity index (χ0n) is 9.30. The van der Waals surface area contributed by atoms with E-state index in [0.717, 1.165) is 37.7 Å². The number of methoxy groups -OCH3 is 1. The van der Waals surface area contributed by atoms with E-state index in [-0.39, 0.29) is 0 Å². The highest BCUT2D eigenvalue weighted by Gasteiger charge is 2.06. The van der Waals surface area contributed by atoms with Gasteiger partial charge < -0.3 is 9.47 Å². The normalized spacial score (nSPS) is 16.7. The van der Waals surface area contributed by atoms with Crippen molar-refractivity contribution in [2.75, 3.05) is 33.4 Å². The Kier molecular flexibility index (Phi) is 3.71. The molecule has 5 nitrogen and oxygen atoms in total. The molecule has 2 rings (SSSR count). The van der Waals surface area contributed by atoms with Crippen LogP contribution in [0.3, 0.4) is 0 Å². The molecule has 1 saturated heterocycles. The molecular weight excluding hydrogens is 206 g/mol. The van der Waals surface area contributed by atoms with Crippen LogP contribution in [0.2, 0.25) is 0 Å². The van der Waals surface area contributed by atoms with E-state index in [1.807, 2.05) is 29.3 Å². The SMILES string of the molecule is COc1ccc(N=NN2CCOCC2)cc1. The van der Waals surface area contributed by atoms with E-state index in [1.165, 1.54) is 0 Å². The average molecular weight is 221 g/mol. The zero-order chi connectivity index (χ0) is 11.2. The van der Waals surface area contributed by atoms with Crippen molar-refractivity contribution >= 4 is 5.69 Å². The van der Waals surface area contributed by atoms with Crippen LogP contribution in [-0.4, -0.2) is 38.4 Å². The summed E-state index contributed by atoms with van der Waals surface area (Å²) in [6.45, 7) is 3.06. The Labute approximate surface area is 94.7 Å². The third-order valence-electron chi connectivity index (χ3n) is 2.35. The predicted octanol–water partition coefficient (Wildman–Crippen LogP) is 2.03. The molecule has 0 radical (unpaired) electrons. The molecule has 0 bridgehead atoms. The topological polar surface area (TPSA) is 46.4 Å². The second-order valence-electron chi connectivity index (χ2n) is 3.45. The van der Waals surface area contributed by atoms with Crippen molar-refractivity contribution in [3.8, 4) is 5.75 Å². The summed E-state index contributed by atoms with van der Waals surface area (Å²) in [5.74, 6) is 0.824. The molecule has 0 aliphatic carbocycles. The van der Waals surface area contributed by atoms with Crippen LogP contribution >= 0.6 is 0 Å². The molecule has 0 atom stereocenters. The summed E-state index contributed by atoms with van der Waals surface area (Å²) in [5, 5.41) is 10.2. The molecule has 86 valence electrons. The van der Waals surface area contributed by atoms with Gasteiger partial charge in [0.25, 0.3) is 0 Å². The fourth-order valence-electron chi connectivity index (χ4n) is 1.41. The lowest BCUT2D eigenvalue weighted by molar-refractivity contribution is 0.0354. The van der Waals surface area contributed by atoms with Gasteiger partial charge in [-0.25, -0.2) is 0 Å². The van der Waals surface area contributed by atoms with Gasteiger partial charge in [0, 0.05) is 0 Å². The number of ether oxygens (including phenoxy) is 2. The van der Waals surface area contributed by atoms with Crippen LogP contribution in [0.15, 0.2) is 34.6 Å². The molecule has 1 aliphatic rings. The van der Waals surface area contributed by atoms with Crippen molar-refractivity contribution in [1.82, 2.24) is 5.01 Å². The Balaban J connectivity index is 1.94. The van der Waals surface area contributed by atoms with Crippen molar-refractivity contribution in [2.45, 2.75) is 0 Å². The number of nitrogens with zero attached hydrogens (tertiary/aromatic N) is 3. The van der Waals surface area contributed by atoms with Gasteiger partial charge in [-0.1, -0.05) is 5.22 Å². The van der Waals surface area contributed by atoms with Gasteiger partial charge in [-0.3, -0.25) is 5.01 Å². The number of hydrogen-bond donors (Lipinski definition) is 0. The van der Waals surface area contributed by atoms with Crippen LogP contribution in [0.1, 0.15) is 0 Å². The Morgan fingerprint density at radius 3 is 2.50 bits per heavy atom. The molecular formula is C11H15N3O2. The van der Waals surface area contributed by atoms with E-state index in [4.69, 9.17) is 9.47 Å². The molecule has 1 fully saturated rings. The minimum absolute atomic E-state index is 0.724. The van der Waals surface area contributed by atoms with Gasteiger partial charge >= 0.3 is 0 Å². The highest BCUT2D eigenvalue weighted by molar-refractivity contribution is 5.40. The molecule has 0 aromatic heterocycles. The van der Waals surface area contributed by atoms with E-state index >= 15 is 0 Å². The fraction of sp³-hybridized carbons (Fsp3) is 0.455. The summed E-state index contributed by atoms with van der Waals surface area (Å²) in [6.07, 6.45) is 0. The monoisotopic (exact) mass is 221 g/mol. The van der Waals surface area contributed by atoms with Crippen LogP contribution in [-0.2, 0) is 4.74 Å². The van der Waals surface area contributed by atoms with Gasteiger partial charge in [-0.15, -0.1) is 5.11 Å². The van der Waals surface area contributed by atoms with E-state index < -0.39 is 0 Å². The third kappa shape index (κ3) is 2.93. The van der Waals surface area contributed by atoms with Gasteiger partial charge in [-0.2, -0.15) is 0 Å². The van der Waals surface area contributed by atoms with E-state index in [1.54, 1.807) is 7.11 Å². The van der Waals surface area contributed by atoms with Crippen LogP contribution in [0, 0.1) is 0 Å². The first kappa shape index (κ1) is 10.9.